The maximum atomic E-state index is 15.1. The van der Waals surface area contributed by atoms with Crippen LogP contribution in [0.2, 0.25) is 5.02 Å². The van der Waals surface area contributed by atoms with Gasteiger partial charge in [-0.05, 0) is 48.5 Å². The average molecular weight is 544 g/mol. The fraction of sp³-hybridized carbons (Fsp3) is 0.0769. The van der Waals surface area contributed by atoms with E-state index >= 15 is 4.39 Å². The van der Waals surface area contributed by atoms with Gasteiger partial charge in [-0.2, -0.15) is 23.0 Å². The predicted octanol–water partition coefficient (Wildman–Crippen LogP) is 6.64. The van der Waals surface area contributed by atoms with Gasteiger partial charge >= 0.3 is 12.1 Å². The summed E-state index contributed by atoms with van der Waals surface area (Å²) in [6, 6.07) is 11.0. The summed E-state index contributed by atoms with van der Waals surface area (Å²) in [5, 5.41) is 4.01. The van der Waals surface area contributed by atoms with Gasteiger partial charge in [-0.3, -0.25) is 4.79 Å². The van der Waals surface area contributed by atoms with Crippen LogP contribution in [0.4, 0.5) is 17.6 Å². The van der Waals surface area contributed by atoms with Gasteiger partial charge < -0.3 is 9.15 Å². The van der Waals surface area contributed by atoms with Crippen molar-refractivity contribution in [2.45, 2.75) is 6.18 Å². The molecule has 5 rings (SSSR count). The Morgan fingerprint density at radius 3 is 2.53 bits per heavy atom. The summed E-state index contributed by atoms with van der Waals surface area (Å²) in [5.41, 5.74) is -1.86. The van der Waals surface area contributed by atoms with Gasteiger partial charge in [-0.25, -0.2) is 14.2 Å². The van der Waals surface area contributed by atoms with Crippen LogP contribution in [0.5, 0.6) is 0 Å². The van der Waals surface area contributed by atoms with Crippen LogP contribution in [0.3, 0.4) is 0 Å². The van der Waals surface area contributed by atoms with Crippen molar-refractivity contribution in [3.63, 3.8) is 0 Å². The fourth-order valence-electron chi connectivity index (χ4n) is 4.00. The molecule has 0 fully saturated rings. The van der Waals surface area contributed by atoms with Crippen LogP contribution >= 0.6 is 11.6 Å². The molecule has 0 aliphatic rings. The molecule has 12 heteroatoms. The predicted molar refractivity (Wildman–Crippen MR) is 128 cm³/mol. The zero-order valence-corrected chi connectivity index (χ0v) is 20.0. The standard InChI is InChI=1S/C26H14ClF4N3O4/c1-37-25(36)14-6-7-15(19(28)11-14)22-16-8-5-13(23-32-9-10-38-23)12-20(16)34(33-22)24(35)21-17(26(29,30)31)3-2-4-18(21)27/h2-12H,1H3. The number of hydrogen-bond acceptors (Lipinski definition) is 6. The van der Waals surface area contributed by atoms with Crippen LogP contribution in [0.15, 0.2) is 71.5 Å². The van der Waals surface area contributed by atoms with Crippen LogP contribution < -0.4 is 0 Å². The van der Waals surface area contributed by atoms with Gasteiger partial charge in [0.2, 0.25) is 5.89 Å². The smallest absolute Gasteiger partial charge is 0.417 e. The first-order chi connectivity index (χ1) is 18.1. The lowest BCUT2D eigenvalue weighted by molar-refractivity contribution is -0.137. The molecule has 0 aliphatic heterocycles. The number of esters is 1. The number of halogens is 5. The molecule has 0 unspecified atom stereocenters. The number of fused-ring (bicyclic) bond motifs is 1. The number of nitrogens with zero attached hydrogens (tertiary/aromatic N) is 3. The Morgan fingerprint density at radius 2 is 1.87 bits per heavy atom. The third kappa shape index (κ3) is 4.30. The van der Waals surface area contributed by atoms with Crippen molar-refractivity contribution in [3.05, 3.63) is 94.6 Å². The minimum Gasteiger partial charge on any atom is -0.465 e. The molecule has 3 aromatic carbocycles. The van der Waals surface area contributed by atoms with Gasteiger partial charge in [0.25, 0.3) is 5.91 Å². The molecule has 2 heterocycles. The minimum absolute atomic E-state index is 0.0465. The molecule has 5 aromatic rings. The first-order valence-electron chi connectivity index (χ1n) is 10.8. The highest BCUT2D eigenvalue weighted by Crippen LogP contribution is 2.38. The summed E-state index contributed by atoms with van der Waals surface area (Å²) in [6.45, 7) is 0. The summed E-state index contributed by atoms with van der Waals surface area (Å²) in [7, 11) is 1.14. The molecule has 0 saturated carbocycles. The Balaban J connectivity index is 1.76. The fourth-order valence-corrected chi connectivity index (χ4v) is 4.26. The second-order valence-corrected chi connectivity index (χ2v) is 8.39. The van der Waals surface area contributed by atoms with Gasteiger partial charge in [0.1, 0.15) is 17.8 Å². The largest absolute Gasteiger partial charge is 0.465 e. The molecule has 192 valence electrons. The number of rotatable bonds is 4. The number of carbonyl (C=O) groups is 2. The second kappa shape index (κ2) is 9.42. The molecule has 0 saturated heterocycles. The molecule has 0 bridgehead atoms. The number of alkyl halides is 3. The quantitative estimate of drug-likeness (QED) is 0.186. The van der Waals surface area contributed by atoms with Crippen molar-refractivity contribution in [3.8, 4) is 22.7 Å². The van der Waals surface area contributed by atoms with Crippen LogP contribution in [0.25, 0.3) is 33.6 Å². The van der Waals surface area contributed by atoms with E-state index in [4.69, 9.17) is 16.0 Å². The zero-order valence-electron chi connectivity index (χ0n) is 19.2. The van der Waals surface area contributed by atoms with Crippen LogP contribution in [-0.2, 0) is 10.9 Å². The molecule has 0 amide bonds. The Kier molecular flexibility index (Phi) is 6.23. The van der Waals surface area contributed by atoms with Gasteiger partial charge in [-0.15, -0.1) is 0 Å². The van der Waals surface area contributed by atoms with Crippen molar-refractivity contribution in [1.82, 2.24) is 14.8 Å². The number of hydrogen-bond donors (Lipinski definition) is 0. The summed E-state index contributed by atoms with van der Waals surface area (Å²) >= 11 is 6.06. The molecule has 0 N–H and O–H groups in total. The number of oxazole rings is 1. The first kappa shape index (κ1) is 25.2. The Hall–Kier alpha value is -4.51. The number of aromatic nitrogens is 3. The van der Waals surface area contributed by atoms with E-state index in [1.807, 2.05) is 0 Å². The molecule has 0 radical (unpaired) electrons. The average Bonchev–Trinajstić information content (AvgIpc) is 3.55. The van der Waals surface area contributed by atoms with Crippen molar-refractivity contribution < 1.29 is 36.3 Å². The van der Waals surface area contributed by atoms with Crippen molar-refractivity contribution in [2.75, 3.05) is 7.11 Å². The number of benzene rings is 3. The van der Waals surface area contributed by atoms with Gasteiger partial charge in [0, 0.05) is 16.5 Å². The maximum absolute atomic E-state index is 15.1. The van der Waals surface area contributed by atoms with E-state index in [9.17, 15) is 22.8 Å². The highest BCUT2D eigenvalue weighted by atomic mass is 35.5. The van der Waals surface area contributed by atoms with Crippen LogP contribution in [0, 0.1) is 5.82 Å². The van der Waals surface area contributed by atoms with E-state index in [1.165, 1.54) is 36.7 Å². The van der Waals surface area contributed by atoms with Crippen molar-refractivity contribution in [1.29, 1.82) is 0 Å². The normalized spacial score (nSPS) is 11.6. The molecule has 38 heavy (non-hydrogen) atoms. The Bertz CT molecular complexity index is 1710. The monoisotopic (exact) mass is 543 g/mol. The van der Waals surface area contributed by atoms with Gasteiger partial charge in [-0.1, -0.05) is 17.7 Å². The molecule has 0 atom stereocenters. The lowest BCUT2D eigenvalue weighted by atomic mass is 10.0. The van der Waals surface area contributed by atoms with E-state index in [0.29, 0.717) is 5.56 Å². The number of methoxy groups -OCH3 is 1. The van der Waals surface area contributed by atoms with E-state index in [1.54, 1.807) is 6.07 Å². The van der Waals surface area contributed by atoms with Gasteiger partial charge in [0.15, 0.2) is 0 Å². The molecule has 0 spiro atoms. The minimum atomic E-state index is -4.89. The molecule has 7 nitrogen and oxygen atoms in total. The van der Waals surface area contributed by atoms with E-state index < -0.39 is 40.0 Å². The summed E-state index contributed by atoms with van der Waals surface area (Å²) in [4.78, 5) is 29.4. The molecular weight excluding hydrogens is 530 g/mol. The van der Waals surface area contributed by atoms with Crippen molar-refractivity contribution in [2.24, 2.45) is 0 Å². The van der Waals surface area contributed by atoms with Crippen LogP contribution in [0.1, 0.15) is 26.3 Å². The SMILES string of the molecule is COC(=O)c1ccc(-c2nn(C(=O)c3c(Cl)cccc3C(F)(F)F)c3cc(-c4ncco4)ccc23)c(F)c1. The highest BCUT2D eigenvalue weighted by molar-refractivity contribution is 6.34. The maximum Gasteiger partial charge on any atom is 0.417 e. The topological polar surface area (TPSA) is 87.2 Å². The van der Waals surface area contributed by atoms with Gasteiger partial charge in [0.05, 0.1) is 40.5 Å². The highest BCUT2D eigenvalue weighted by Gasteiger charge is 2.37. The van der Waals surface area contributed by atoms with E-state index in [0.717, 1.165) is 36.1 Å². The van der Waals surface area contributed by atoms with Crippen molar-refractivity contribution >= 4 is 34.4 Å². The second-order valence-electron chi connectivity index (χ2n) is 7.98. The summed E-state index contributed by atoms with van der Waals surface area (Å²) in [5.74, 6) is -2.64. The Labute approximate surface area is 216 Å². The summed E-state index contributed by atoms with van der Waals surface area (Å²) < 4.78 is 67.1. The summed E-state index contributed by atoms with van der Waals surface area (Å²) in [6.07, 6.45) is -2.17. The number of ether oxygens (including phenoxy) is 1. The van der Waals surface area contributed by atoms with E-state index in [-0.39, 0.29) is 33.6 Å². The van der Waals surface area contributed by atoms with E-state index in [2.05, 4.69) is 14.8 Å². The lowest BCUT2D eigenvalue weighted by Gasteiger charge is -2.13. The third-order valence-electron chi connectivity index (χ3n) is 5.73. The lowest BCUT2D eigenvalue weighted by Crippen LogP contribution is -2.20. The molecule has 2 aromatic heterocycles. The molecule has 0 aliphatic carbocycles. The number of carbonyl (C=O) groups excluding carboxylic acids is 2. The van der Waals surface area contributed by atoms with Crippen LogP contribution in [-0.4, -0.2) is 33.8 Å². The first-order valence-corrected chi connectivity index (χ1v) is 11.2. The molecular formula is C26H14ClF4N3O4. The Morgan fingerprint density at radius 1 is 1.08 bits per heavy atom. The zero-order chi connectivity index (χ0) is 27.2. The third-order valence-corrected chi connectivity index (χ3v) is 6.05.